The van der Waals surface area contributed by atoms with Crippen molar-refractivity contribution in [3.8, 4) is 5.75 Å². The average Bonchev–Trinajstić information content (AvgIpc) is 2.71. The molecule has 0 aliphatic heterocycles. The van der Waals surface area contributed by atoms with Gasteiger partial charge in [0.1, 0.15) is 11.8 Å². The molecule has 2 aromatic rings. The van der Waals surface area contributed by atoms with Crippen LogP contribution in [0, 0.1) is 6.92 Å². The molecule has 1 N–H and O–H groups in total. The fraction of sp³-hybridized carbons (Fsp3) is 0.417. The first-order chi connectivity index (χ1) is 13.8. The molecular weight excluding hydrogens is 364 g/mol. The molecule has 0 aromatic heterocycles. The smallest absolute Gasteiger partial charge is 0.242 e. The van der Waals surface area contributed by atoms with Gasteiger partial charge in [-0.05, 0) is 50.5 Å². The number of hydrogen-bond acceptors (Lipinski definition) is 3. The van der Waals surface area contributed by atoms with Gasteiger partial charge < -0.3 is 15.0 Å². The van der Waals surface area contributed by atoms with Crippen LogP contribution in [-0.2, 0) is 22.6 Å². The van der Waals surface area contributed by atoms with E-state index in [0.717, 1.165) is 28.9 Å². The van der Waals surface area contributed by atoms with Gasteiger partial charge in [-0.2, -0.15) is 0 Å². The van der Waals surface area contributed by atoms with Gasteiger partial charge >= 0.3 is 0 Å². The molecule has 5 heteroatoms. The highest BCUT2D eigenvalue weighted by Crippen LogP contribution is 2.16. The molecule has 0 fully saturated rings. The van der Waals surface area contributed by atoms with E-state index in [4.69, 9.17) is 4.74 Å². The first-order valence-electron chi connectivity index (χ1n) is 10.1. The summed E-state index contributed by atoms with van der Waals surface area (Å²) < 4.78 is 5.18. The number of rotatable bonds is 9. The molecule has 2 amide bonds. The molecule has 0 aliphatic rings. The number of aryl methyl sites for hydroxylation is 1. The minimum absolute atomic E-state index is 0.0717. The Balaban J connectivity index is 2.21. The lowest BCUT2D eigenvalue weighted by molar-refractivity contribution is -0.140. The molecule has 0 radical (unpaired) electrons. The van der Waals surface area contributed by atoms with E-state index in [1.807, 2.05) is 69.3 Å². The summed E-state index contributed by atoms with van der Waals surface area (Å²) in [7, 11) is 1.61. The number of methoxy groups -OCH3 is 1. The van der Waals surface area contributed by atoms with Gasteiger partial charge in [-0.1, -0.05) is 48.9 Å². The van der Waals surface area contributed by atoms with Crippen LogP contribution in [0.15, 0.2) is 48.5 Å². The second kappa shape index (κ2) is 10.6. The first kappa shape index (κ1) is 22.5. The van der Waals surface area contributed by atoms with Gasteiger partial charge in [-0.25, -0.2) is 0 Å². The van der Waals surface area contributed by atoms with E-state index in [1.54, 1.807) is 18.9 Å². The molecule has 2 rings (SSSR count). The zero-order valence-electron chi connectivity index (χ0n) is 18.1. The van der Waals surface area contributed by atoms with Gasteiger partial charge in [0.25, 0.3) is 0 Å². The Morgan fingerprint density at radius 3 is 2.34 bits per heavy atom. The van der Waals surface area contributed by atoms with E-state index < -0.39 is 6.04 Å². The molecule has 29 heavy (non-hydrogen) atoms. The molecule has 156 valence electrons. The van der Waals surface area contributed by atoms with Crippen LogP contribution in [-0.4, -0.2) is 35.9 Å². The topological polar surface area (TPSA) is 58.6 Å². The minimum Gasteiger partial charge on any atom is -0.497 e. The van der Waals surface area contributed by atoms with Crippen molar-refractivity contribution in [3.63, 3.8) is 0 Å². The van der Waals surface area contributed by atoms with Crippen LogP contribution in [0.5, 0.6) is 5.75 Å². The summed E-state index contributed by atoms with van der Waals surface area (Å²) in [5.41, 5.74) is 3.03. The summed E-state index contributed by atoms with van der Waals surface area (Å²) in [6.45, 7) is 8.20. The third-order valence-corrected chi connectivity index (χ3v) is 5.12. The zero-order chi connectivity index (χ0) is 21.4. The van der Waals surface area contributed by atoms with Crippen LogP contribution in [0.3, 0.4) is 0 Å². The van der Waals surface area contributed by atoms with Crippen molar-refractivity contribution in [3.05, 3.63) is 65.2 Å². The quantitative estimate of drug-likeness (QED) is 0.700. The SMILES string of the molecule is CC[C@@H](C)NC(=O)[C@@H](C)N(Cc1cccc(C)c1)C(=O)Cc1ccc(OC)cc1. The van der Waals surface area contributed by atoms with Gasteiger partial charge in [0.15, 0.2) is 0 Å². The van der Waals surface area contributed by atoms with Crippen molar-refractivity contribution in [2.75, 3.05) is 7.11 Å². The molecule has 0 saturated heterocycles. The molecule has 2 aromatic carbocycles. The fourth-order valence-corrected chi connectivity index (χ4v) is 3.07. The number of nitrogens with zero attached hydrogens (tertiary/aromatic N) is 1. The second-order valence-electron chi connectivity index (χ2n) is 7.53. The largest absolute Gasteiger partial charge is 0.497 e. The summed E-state index contributed by atoms with van der Waals surface area (Å²) in [5.74, 6) is 0.540. The third-order valence-electron chi connectivity index (χ3n) is 5.12. The van der Waals surface area contributed by atoms with E-state index in [2.05, 4.69) is 5.32 Å². The Kier molecular flexibility index (Phi) is 8.25. The van der Waals surface area contributed by atoms with Crippen LogP contribution < -0.4 is 10.1 Å². The number of hydrogen-bond donors (Lipinski definition) is 1. The predicted octanol–water partition coefficient (Wildman–Crippen LogP) is 3.88. The Hall–Kier alpha value is -2.82. The third kappa shape index (κ3) is 6.63. The number of ether oxygens (including phenoxy) is 1. The Morgan fingerprint density at radius 2 is 1.76 bits per heavy atom. The van der Waals surface area contributed by atoms with Crippen molar-refractivity contribution >= 4 is 11.8 Å². The average molecular weight is 397 g/mol. The Labute approximate surface area is 174 Å². The lowest BCUT2D eigenvalue weighted by Crippen LogP contribution is -2.49. The monoisotopic (exact) mass is 396 g/mol. The van der Waals surface area contributed by atoms with E-state index in [1.165, 1.54) is 0 Å². The highest BCUT2D eigenvalue weighted by Gasteiger charge is 2.26. The van der Waals surface area contributed by atoms with E-state index in [0.29, 0.717) is 6.54 Å². The molecule has 5 nitrogen and oxygen atoms in total. The molecule has 0 heterocycles. The lowest BCUT2D eigenvalue weighted by Gasteiger charge is -2.30. The Morgan fingerprint density at radius 1 is 1.07 bits per heavy atom. The lowest BCUT2D eigenvalue weighted by atomic mass is 10.1. The highest BCUT2D eigenvalue weighted by atomic mass is 16.5. The number of carbonyl (C=O) groups is 2. The van der Waals surface area contributed by atoms with Crippen LogP contribution in [0.1, 0.15) is 43.9 Å². The number of benzene rings is 2. The minimum atomic E-state index is -0.560. The molecule has 0 unspecified atom stereocenters. The summed E-state index contributed by atoms with van der Waals surface area (Å²) in [5, 5.41) is 2.99. The molecule has 0 spiro atoms. The summed E-state index contributed by atoms with van der Waals surface area (Å²) in [6, 6.07) is 15.0. The summed E-state index contributed by atoms with van der Waals surface area (Å²) in [4.78, 5) is 27.6. The van der Waals surface area contributed by atoms with Gasteiger partial charge in [0.2, 0.25) is 11.8 Å². The first-order valence-corrected chi connectivity index (χ1v) is 10.1. The van der Waals surface area contributed by atoms with Gasteiger partial charge in [-0.3, -0.25) is 9.59 Å². The van der Waals surface area contributed by atoms with Gasteiger partial charge in [0, 0.05) is 12.6 Å². The number of nitrogens with one attached hydrogen (secondary N) is 1. The summed E-state index contributed by atoms with van der Waals surface area (Å²) >= 11 is 0. The second-order valence-corrected chi connectivity index (χ2v) is 7.53. The molecule has 0 aliphatic carbocycles. The standard InChI is InChI=1S/C24H32N2O3/c1-6-18(3)25-24(28)19(4)26(16-21-9-7-8-17(2)14-21)23(27)15-20-10-12-22(29-5)13-11-20/h7-14,18-19H,6,15-16H2,1-5H3,(H,25,28)/t18-,19-/m1/s1. The molecular formula is C24H32N2O3. The molecule has 0 bridgehead atoms. The fourth-order valence-electron chi connectivity index (χ4n) is 3.07. The number of amides is 2. The maximum absolute atomic E-state index is 13.2. The highest BCUT2D eigenvalue weighted by molar-refractivity contribution is 5.88. The van der Waals surface area contributed by atoms with Crippen molar-refractivity contribution < 1.29 is 14.3 Å². The van der Waals surface area contributed by atoms with Gasteiger partial charge in [0.05, 0.1) is 13.5 Å². The van der Waals surface area contributed by atoms with Crippen LogP contribution in [0.4, 0.5) is 0 Å². The van der Waals surface area contributed by atoms with Crippen molar-refractivity contribution in [1.82, 2.24) is 10.2 Å². The summed E-state index contributed by atoms with van der Waals surface area (Å²) in [6.07, 6.45) is 1.08. The van der Waals surface area contributed by atoms with E-state index in [-0.39, 0.29) is 24.3 Å². The molecule has 0 saturated carbocycles. The predicted molar refractivity (Wildman–Crippen MR) is 116 cm³/mol. The van der Waals surface area contributed by atoms with Crippen LogP contribution >= 0.6 is 0 Å². The normalized spacial score (nSPS) is 12.7. The zero-order valence-corrected chi connectivity index (χ0v) is 18.1. The Bertz CT molecular complexity index is 817. The van der Waals surface area contributed by atoms with Crippen molar-refractivity contribution in [1.29, 1.82) is 0 Å². The van der Waals surface area contributed by atoms with Crippen molar-refractivity contribution in [2.24, 2.45) is 0 Å². The maximum Gasteiger partial charge on any atom is 0.242 e. The molecule has 2 atom stereocenters. The van der Waals surface area contributed by atoms with Gasteiger partial charge in [-0.15, -0.1) is 0 Å². The van der Waals surface area contributed by atoms with E-state index in [9.17, 15) is 9.59 Å². The van der Waals surface area contributed by atoms with Crippen molar-refractivity contribution in [2.45, 2.75) is 59.2 Å². The number of carbonyl (C=O) groups excluding carboxylic acids is 2. The maximum atomic E-state index is 13.2. The van der Waals surface area contributed by atoms with E-state index >= 15 is 0 Å². The van der Waals surface area contributed by atoms with Crippen LogP contribution in [0.2, 0.25) is 0 Å². The van der Waals surface area contributed by atoms with Crippen LogP contribution in [0.25, 0.3) is 0 Å².